The van der Waals surface area contributed by atoms with Gasteiger partial charge in [0.2, 0.25) is 0 Å². The van der Waals surface area contributed by atoms with Crippen LogP contribution in [0.4, 0.5) is 5.69 Å². The van der Waals surface area contributed by atoms with Crippen molar-refractivity contribution in [2.24, 2.45) is 10.7 Å². The second-order valence-electron chi connectivity index (χ2n) is 4.43. The lowest BCUT2D eigenvalue weighted by molar-refractivity contribution is 0.329. The Morgan fingerprint density at radius 3 is 2.73 bits per heavy atom. The number of methoxy groups -OCH3 is 1. The first-order chi connectivity index (χ1) is 10.7. The quantitative estimate of drug-likeness (QED) is 0.487. The van der Waals surface area contributed by atoms with Crippen molar-refractivity contribution in [2.45, 2.75) is 0 Å². The number of benzene rings is 2. The van der Waals surface area contributed by atoms with Crippen LogP contribution in [-0.4, -0.2) is 26.2 Å². The first-order valence-corrected chi connectivity index (χ1v) is 7.14. The number of nitrogens with zero attached hydrogens (tertiary/aromatic N) is 1. The summed E-state index contributed by atoms with van der Waals surface area (Å²) in [6.45, 7) is 0.857. The maximum Gasteiger partial charge on any atom is 0.193 e. The van der Waals surface area contributed by atoms with Crippen molar-refractivity contribution < 1.29 is 9.47 Å². The number of rotatable bonds is 6. The fraction of sp³-hybridized carbons (Fsp3) is 0.188. The Labute approximate surface area is 134 Å². The maximum atomic E-state index is 5.88. The summed E-state index contributed by atoms with van der Waals surface area (Å²) in [6.07, 6.45) is 0. The van der Waals surface area contributed by atoms with Crippen LogP contribution in [0, 0.1) is 0 Å². The zero-order valence-electron chi connectivity index (χ0n) is 12.3. The number of aliphatic imine (C=N–C) groups is 1. The molecule has 0 aliphatic rings. The second-order valence-corrected chi connectivity index (χ2v) is 4.87. The normalized spacial score (nSPS) is 11.1. The third-order valence-corrected chi connectivity index (χ3v) is 3.02. The number of anilines is 1. The largest absolute Gasteiger partial charge is 0.497 e. The fourth-order valence-corrected chi connectivity index (χ4v) is 1.95. The predicted octanol–water partition coefficient (Wildman–Crippen LogP) is 3.15. The van der Waals surface area contributed by atoms with E-state index in [0.717, 1.165) is 11.4 Å². The van der Waals surface area contributed by atoms with Crippen LogP contribution in [0.5, 0.6) is 11.5 Å². The molecule has 116 valence electrons. The minimum Gasteiger partial charge on any atom is -0.497 e. The Morgan fingerprint density at radius 1 is 1.18 bits per heavy atom. The molecule has 0 spiro atoms. The highest BCUT2D eigenvalue weighted by molar-refractivity contribution is 6.30. The molecule has 5 nitrogen and oxygen atoms in total. The van der Waals surface area contributed by atoms with Crippen molar-refractivity contribution in [1.82, 2.24) is 0 Å². The van der Waals surface area contributed by atoms with Gasteiger partial charge in [-0.25, -0.2) is 4.99 Å². The average molecular weight is 320 g/mol. The van der Waals surface area contributed by atoms with E-state index in [2.05, 4.69) is 10.3 Å². The van der Waals surface area contributed by atoms with E-state index in [9.17, 15) is 0 Å². The summed E-state index contributed by atoms with van der Waals surface area (Å²) < 4.78 is 10.7. The number of nitrogens with one attached hydrogen (secondary N) is 1. The number of hydrogen-bond donors (Lipinski definition) is 2. The SMILES string of the molecule is COc1cccc(NC(N)=NCCOc2cccc(Cl)c2)c1. The molecule has 0 unspecified atom stereocenters. The van der Waals surface area contributed by atoms with Gasteiger partial charge in [0.25, 0.3) is 0 Å². The summed E-state index contributed by atoms with van der Waals surface area (Å²) in [4.78, 5) is 4.20. The molecule has 0 amide bonds. The van der Waals surface area contributed by atoms with Crippen molar-refractivity contribution in [3.05, 3.63) is 53.6 Å². The van der Waals surface area contributed by atoms with Gasteiger partial charge in [0.15, 0.2) is 5.96 Å². The molecular formula is C16H18ClN3O2. The summed E-state index contributed by atoms with van der Waals surface area (Å²) >= 11 is 5.88. The molecule has 22 heavy (non-hydrogen) atoms. The number of hydrogen-bond acceptors (Lipinski definition) is 3. The van der Waals surface area contributed by atoms with Crippen molar-refractivity contribution in [1.29, 1.82) is 0 Å². The Hall–Kier alpha value is -2.40. The maximum absolute atomic E-state index is 5.88. The van der Waals surface area contributed by atoms with Gasteiger partial charge in [-0.05, 0) is 30.3 Å². The van der Waals surface area contributed by atoms with Gasteiger partial charge in [-0.3, -0.25) is 0 Å². The molecule has 2 aromatic carbocycles. The third-order valence-electron chi connectivity index (χ3n) is 2.78. The summed E-state index contributed by atoms with van der Waals surface area (Å²) in [5.41, 5.74) is 6.64. The van der Waals surface area contributed by atoms with Crippen LogP contribution in [-0.2, 0) is 0 Å². The summed E-state index contributed by atoms with van der Waals surface area (Å²) in [5.74, 6) is 1.78. The first-order valence-electron chi connectivity index (χ1n) is 6.77. The Bertz CT molecular complexity index is 647. The molecule has 0 aliphatic carbocycles. The van der Waals surface area contributed by atoms with Crippen molar-refractivity contribution in [3.63, 3.8) is 0 Å². The molecule has 0 fully saturated rings. The summed E-state index contributed by atoms with van der Waals surface area (Å²) in [5, 5.41) is 3.63. The van der Waals surface area contributed by atoms with Crippen molar-refractivity contribution in [3.8, 4) is 11.5 Å². The van der Waals surface area contributed by atoms with E-state index >= 15 is 0 Å². The molecule has 0 saturated heterocycles. The highest BCUT2D eigenvalue weighted by Gasteiger charge is 1.98. The van der Waals surface area contributed by atoms with Crippen molar-refractivity contribution in [2.75, 3.05) is 25.6 Å². The molecule has 2 rings (SSSR count). The fourth-order valence-electron chi connectivity index (χ4n) is 1.77. The Balaban J connectivity index is 1.80. The molecule has 0 heterocycles. The Kier molecular flexibility index (Phi) is 5.91. The lowest BCUT2D eigenvalue weighted by atomic mass is 10.3. The van der Waals surface area contributed by atoms with Crippen LogP contribution in [0.2, 0.25) is 5.02 Å². The Morgan fingerprint density at radius 2 is 1.95 bits per heavy atom. The van der Waals surface area contributed by atoms with Crippen LogP contribution >= 0.6 is 11.6 Å². The monoisotopic (exact) mass is 319 g/mol. The second kappa shape index (κ2) is 8.14. The summed E-state index contributed by atoms with van der Waals surface area (Å²) in [7, 11) is 1.61. The molecule has 0 aliphatic heterocycles. The van der Waals surface area contributed by atoms with Gasteiger partial charge in [-0.2, -0.15) is 0 Å². The van der Waals surface area contributed by atoms with E-state index in [1.54, 1.807) is 19.2 Å². The zero-order chi connectivity index (χ0) is 15.8. The van der Waals surface area contributed by atoms with E-state index in [1.165, 1.54) is 0 Å². The van der Waals surface area contributed by atoms with E-state index in [1.807, 2.05) is 36.4 Å². The highest BCUT2D eigenvalue weighted by Crippen LogP contribution is 2.17. The number of guanidine groups is 1. The number of ether oxygens (including phenoxy) is 2. The van der Waals surface area contributed by atoms with E-state index in [-0.39, 0.29) is 0 Å². The van der Waals surface area contributed by atoms with Gasteiger partial charge in [0.1, 0.15) is 18.1 Å². The lowest BCUT2D eigenvalue weighted by Gasteiger charge is -2.08. The smallest absolute Gasteiger partial charge is 0.193 e. The van der Waals surface area contributed by atoms with Crippen LogP contribution < -0.4 is 20.5 Å². The molecule has 0 atom stereocenters. The standard InChI is InChI=1S/C16H18ClN3O2/c1-21-14-6-3-5-13(11-14)20-16(18)19-8-9-22-15-7-2-4-12(17)10-15/h2-7,10-11H,8-9H2,1H3,(H3,18,19,20). The number of halogens is 1. The first kappa shape index (κ1) is 16.0. The van der Waals surface area contributed by atoms with Crippen LogP contribution in [0.15, 0.2) is 53.5 Å². The minimum absolute atomic E-state index is 0.322. The van der Waals surface area contributed by atoms with E-state index in [0.29, 0.717) is 29.9 Å². The van der Waals surface area contributed by atoms with Gasteiger partial charge in [0, 0.05) is 16.8 Å². The van der Waals surface area contributed by atoms with E-state index in [4.69, 9.17) is 26.8 Å². The third kappa shape index (κ3) is 5.18. The summed E-state index contributed by atoms with van der Waals surface area (Å²) in [6, 6.07) is 14.7. The van der Waals surface area contributed by atoms with E-state index < -0.39 is 0 Å². The number of nitrogens with two attached hydrogens (primary N) is 1. The van der Waals surface area contributed by atoms with Crippen molar-refractivity contribution >= 4 is 23.2 Å². The molecule has 0 aromatic heterocycles. The molecule has 6 heteroatoms. The van der Waals surface area contributed by atoms with Gasteiger partial charge in [-0.1, -0.05) is 23.7 Å². The predicted molar refractivity (Wildman–Crippen MR) is 90.1 cm³/mol. The molecular weight excluding hydrogens is 302 g/mol. The zero-order valence-corrected chi connectivity index (χ0v) is 13.0. The molecule has 0 bridgehead atoms. The van der Waals surface area contributed by atoms with Crippen LogP contribution in [0.1, 0.15) is 0 Å². The molecule has 2 aromatic rings. The van der Waals surface area contributed by atoms with Gasteiger partial charge in [0.05, 0.1) is 13.7 Å². The highest BCUT2D eigenvalue weighted by atomic mass is 35.5. The van der Waals surface area contributed by atoms with Gasteiger partial charge in [-0.15, -0.1) is 0 Å². The minimum atomic E-state index is 0.322. The van der Waals surface area contributed by atoms with Crippen LogP contribution in [0.3, 0.4) is 0 Å². The lowest BCUT2D eigenvalue weighted by Crippen LogP contribution is -2.23. The molecule has 3 N–H and O–H groups in total. The topological polar surface area (TPSA) is 68.9 Å². The molecule has 0 saturated carbocycles. The van der Waals surface area contributed by atoms with Gasteiger partial charge >= 0.3 is 0 Å². The van der Waals surface area contributed by atoms with Gasteiger partial charge < -0.3 is 20.5 Å². The molecule has 0 radical (unpaired) electrons. The average Bonchev–Trinajstić information content (AvgIpc) is 2.52. The van der Waals surface area contributed by atoms with Crippen LogP contribution in [0.25, 0.3) is 0 Å².